The van der Waals surface area contributed by atoms with Gasteiger partial charge in [0.25, 0.3) is 0 Å². The van der Waals surface area contributed by atoms with Gasteiger partial charge >= 0.3 is 0 Å². The molecule has 1 N–H and O–H groups in total. The van der Waals surface area contributed by atoms with Crippen LogP contribution < -0.4 is 0 Å². The molecule has 3 aromatic rings. The van der Waals surface area contributed by atoms with Gasteiger partial charge in [-0.05, 0) is 11.1 Å². The Kier molecular flexibility index (Phi) is 3.74. The number of rotatable bonds is 3. The fourth-order valence-corrected chi connectivity index (χ4v) is 2.68. The summed E-state index contributed by atoms with van der Waals surface area (Å²) in [5.74, 6) is 0.537. The van der Waals surface area contributed by atoms with E-state index in [1.165, 1.54) is 5.56 Å². The van der Waals surface area contributed by atoms with Crippen LogP contribution in [0.1, 0.15) is 24.0 Å². The fraction of sp³-hybridized carbons (Fsp3) is 0.100. The Morgan fingerprint density at radius 2 is 1.33 bits per heavy atom. The lowest BCUT2D eigenvalue weighted by Gasteiger charge is -2.16. The van der Waals surface area contributed by atoms with E-state index in [2.05, 4.69) is 19.1 Å². The highest BCUT2D eigenvalue weighted by Crippen LogP contribution is 2.37. The van der Waals surface area contributed by atoms with Gasteiger partial charge in [0.1, 0.15) is 5.75 Å². The summed E-state index contributed by atoms with van der Waals surface area (Å²) in [7, 11) is 0. The highest BCUT2D eigenvalue weighted by Gasteiger charge is 2.15. The molecule has 0 fully saturated rings. The van der Waals surface area contributed by atoms with Crippen molar-refractivity contribution in [2.45, 2.75) is 12.8 Å². The zero-order valence-corrected chi connectivity index (χ0v) is 12.0. The standard InChI is InChI=1S/C20H18O/c1-15(16-9-4-2-5-10-16)18-13-8-14-19(20(18)21)17-11-6-3-7-12-17/h2-15,21H,1H3. The molecule has 0 spiro atoms. The summed E-state index contributed by atoms with van der Waals surface area (Å²) in [6.45, 7) is 2.12. The first-order valence-electron chi connectivity index (χ1n) is 7.19. The highest BCUT2D eigenvalue weighted by molar-refractivity contribution is 5.72. The molecule has 0 saturated heterocycles. The van der Waals surface area contributed by atoms with E-state index >= 15 is 0 Å². The van der Waals surface area contributed by atoms with Crippen LogP contribution in [0.2, 0.25) is 0 Å². The van der Waals surface area contributed by atoms with E-state index in [1.807, 2.05) is 66.7 Å². The van der Waals surface area contributed by atoms with Crippen molar-refractivity contribution >= 4 is 0 Å². The van der Waals surface area contributed by atoms with Crippen LogP contribution in [0.3, 0.4) is 0 Å². The molecule has 0 heterocycles. The molecule has 21 heavy (non-hydrogen) atoms. The Labute approximate surface area is 125 Å². The van der Waals surface area contributed by atoms with Crippen LogP contribution in [-0.2, 0) is 0 Å². The molecule has 104 valence electrons. The van der Waals surface area contributed by atoms with Crippen LogP contribution in [0.5, 0.6) is 5.75 Å². The first kappa shape index (κ1) is 13.4. The quantitative estimate of drug-likeness (QED) is 0.695. The summed E-state index contributed by atoms with van der Waals surface area (Å²) in [5, 5.41) is 10.7. The van der Waals surface area contributed by atoms with E-state index in [1.54, 1.807) is 0 Å². The monoisotopic (exact) mass is 274 g/mol. The topological polar surface area (TPSA) is 20.2 Å². The van der Waals surface area contributed by atoms with Crippen molar-refractivity contribution in [2.24, 2.45) is 0 Å². The number of hydrogen-bond donors (Lipinski definition) is 1. The normalized spacial score (nSPS) is 12.0. The van der Waals surface area contributed by atoms with Gasteiger partial charge in [0.2, 0.25) is 0 Å². The number of phenolic OH excluding ortho intramolecular Hbond substituents is 1. The van der Waals surface area contributed by atoms with E-state index in [-0.39, 0.29) is 5.92 Å². The maximum Gasteiger partial charge on any atom is 0.127 e. The molecule has 0 aliphatic heterocycles. The predicted molar refractivity (Wildman–Crippen MR) is 87.5 cm³/mol. The number of para-hydroxylation sites is 1. The van der Waals surface area contributed by atoms with Gasteiger partial charge in [0, 0.05) is 17.0 Å². The van der Waals surface area contributed by atoms with Crippen LogP contribution in [-0.4, -0.2) is 5.11 Å². The molecule has 1 nitrogen and oxygen atoms in total. The van der Waals surface area contributed by atoms with E-state index in [0.717, 1.165) is 16.7 Å². The van der Waals surface area contributed by atoms with Gasteiger partial charge in [-0.1, -0.05) is 85.8 Å². The van der Waals surface area contributed by atoms with Crippen molar-refractivity contribution < 1.29 is 5.11 Å². The number of phenols is 1. The molecule has 3 aromatic carbocycles. The summed E-state index contributed by atoms with van der Waals surface area (Å²) in [6, 6.07) is 26.2. The zero-order chi connectivity index (χ0) is 14.7. The van der Waals surface area contributed by atoms with Crippen LogP contribution in [0.25, 0.3) is 11.1 Å². The number of aromatic hydroxyl groups is 1. The SMILES string of the molecule is CC(c1ccccc1)c1cccc(-c2ccccc2)c1O. The Hall–Kier alpha value is -2.54. The van der Waals surface area contributed by atoms with E-state index in [0.29, 0.717) is 5.75 Å². The lowest BCUT2D eigenvalue weighted by atomic mass is 9.90. The molecule has 0 saturated carbocycles. The average Bonchev–Trinajstić information content (AvgIpc) is 2.56. The summed E-state index contributed by atoms with van der Waals surface area (Å²) in [6.07, 6.45) is 0. The lowest BCUT2D eigenvalue weighted by molar-refractivity contribution is 0.468. The highest BCUT2D eigenvalue weighted by atomic mass is 16.3. The van der Waals surface area contributed by atoms with E-state index in [4.69, 9.17) is 0 Å². The Balaban J connectivity index is 2.05. The largest absolute Gasteiger partial charge is 0.507 e. The third kappa shape index (κ3) is 2.68. The molecule has 1 atom stereocenters. The van der Waals surface area contributed by atoms with Crippen LogP contribution in [0, 0.1) is 0 Å². The number of benzene rings is 3. The molecule has 0 radical (unpaired) electrons. The molecule has 0 bridgehead atoms. The van der Waals surface area contributed by atoms with Gasteiger partial charge in [-0.3, -0.25) is 0 Å². The fourth-order valence-electron chi connectivity index (χ4n) is 2.68. The predicted octanol–water partition coefficient (Wildman–Crippen LogP) is 5.21. The third-order valence-corrected chi connectivity index (χ3v) is 3.92. The molecule has 0 aromatic heterocycles. The second-order valence-corrected chi connectivity index (χ2v) is 5.24. The Morgan fingerprint density at radius 1 is 0.714 bits per heavy atom. The van der Waals surface area contributed by atoms with Crippen LogP contribution in [0.4, 0.5) is 0 Å². The lowest BCUT2D eigenvalue weighted by Crippen LogP contribution is -1.97. The van der Waals surface area contributed by atoms with Crippen molar-refractivity contribution in [1.82, 2.24) is 0 Å². The zero-order valence-electron chi connectivity index (χ0n) is 12.0. The molecule has 1 unspecified atom stereocenters. The van der Waals surface area contributed by atoms with Gasteiger partial charge in [-0.2, -0.15) is 0 Å². The molecule has 0 aliphatic rings. The molecular formula is C20H18O. The van der Waals surface area contributed by atoms with E-state index < -0.39 is 0 Å². The summed E-state index contributed by atoms with van der Waals surface area (Å²) in [4.78, 5) is 0. The molecule has 0 aliphatic carbocycles. The molecule has 1 heteroatoms. The Bertz CT molecular complexity index is 717. The first-order valence-corrected chi connectivity index (χ1v) is 7.19. The van der Waals surface area contributed by atoms with Gasteiger partial charge < -0.3 is 5.11 Å². The summed E-state index contributed by atoms with van der Waals surface area (Å²) in [5.41, 5.74) is 4.09. The maximum atomic E-state index is 10.7. The van der Waals surface area contributed by atoms with Gasteiger partial charge in [-0.15, -0.1) is 0 Å². The first-order chi connectivity index (χ1) is 10.3. The van der Waals surface area contributed by atoms with Gasteiger partial charge in [0.05, 0.1) is 0 Å². The van der Waals surface area contributed by atoms with Crippen molar-refractivity contribution in [3.05, 3.63) is 90.0 Å². The smallest absolute Gasteiger partial charge is 0.127 e. The minimum absolute atomic E-state index is 0.162. The average molecular weight is 274 g/mol. The van der Waals surface area contributed by atoms with Gasteiger partial charge in [0.15, 0.2) is 0 Å². The van der Waals surface area contributed by atoms with Crippen molar-refractivity contribution in [3.63, 3.8) is 0 Å². The maximum absolute atomic E-state index is 10.7. The second-order valence-electron chi connectivity index (χ2n) is 5.24. The second kappa shape index (κ2) is 5.84. The summed E-state index contributed by atoms with van der Waals surface area (Å²) < 4.78 is 0. The minimum Gasteiger partial charge on any atom is -0.507 e. The molecular weight excluding hydrogens is 256 g/mol. The summed E-state index contributed by atoms with van der Waals surface area (Å²) >= 11 is 0. The van der Waals surface area contributed by atoms with Gasteiger partial charge in [-0.25, -0.2) is 0 Å². The van der Waals surface area contributed by atoms with Crippen LogP contribution in [0.15, 0.2) is 78.9 Å². The third-order valence-electron chi connectivity index (χ3n) is 3.92. The molecule has 0 amide bonds. The van der Waals surface area contributed by atoms with Crippen molar-refractivity contribution in [3.8, 4) is 16.9 Å². The minimum atomic E-state index is 0.162. The van der Waals surface area contributed by atoms with E-state index in [9.17, 15) is 5.11 Å². The van der Waals surface area contributed by atoms with Crippen molar-refractivity contribution in [1.29, 1.82) is 0 Å². The van der Waals surface area contributed by atoms with Crippen molar-refractivity contribution in [2.75, 3.05) is 0 Å². The number of hydrogen-bond acceptors (Lipinski definition) is 1. The Morgan fingerprint density at radius 3 is 2.00 bits per heavy atom. The molecule has 3 rings (SSSR count). The van der Waals surface area contributed by atoms with Crippen LogP contribution >= 0.6 is 0 Å².